The van der Waals surface area contributed by atoms with Crippen molar-refractivity contribution in [1.82, 2.24) is 0 Å². The summed E-state index contributed by atoms with van der Waals surface area (Å²) in [6, 6.07) is 20.7. The first kappa shape index (κ1) is 31.3. The molecule has 0 unspecified atom stereocenters. The number of halogens is 6. The standard InChI is InChI=1S/C14H11Br3O2.C14H11Br2ClO2/c15-7-12(10-3-1-8(18)5-13(10)16)11-4-2-9(19)6-14(11)17;15-13-5-8(18)1-3-10(13)12(7-17)11-4-2-9(19)6-14(11)16/h2*1-6,12,18-19H,7H2. The summed E-state index contributed by atoms with van der Waals surface area (Å²) in [6.07, 6.45) is 0. The lowest BCUT2D eigenvalue weighted by Crippen LogP contribution is -2.04. The SMILES string of the molecule is Oc1ccc(C(CBr)c2ccc(O)cc2Br)c(Br)c1.Oc1ccc(C(CCl)c2ccc(O)cc2Br)c(Br)c1. The molecule has 0 saturated carbocycles. The summed E-state index contributed by atoms with van der Waals surface area (Å²) in [7, 11) is 0. The Morgan fingerprint density at radius 3 is 0.974 bits per heavy atom. The average Bonchev–Trinajstić information content (AvgIpc) is 2.85. The van der Waals surface area contributed by atoms with Crippen LogP contribution in [0.3, 0.4) is 0 Å². The van der Waals surface area contributed by atoms with Crippen LogP contribution in [-0.2, 0) is 0 Å². The quantitative estimate of drug-likeness (QED) is 0.146. The van der Waals surface area contributed by atoms with Crippen LogP contribution >= 0.6 is 91.3 Å². The molecular weight excluding hydrogens is 835 g/mol. The second-order valence-corrected chi connectivity index (χ2v) is 12.6. The van der Waals surface area contributed by atoms with Gasteiger partial charge in [-0.05, 0) is 70.8 Å². The van der Waals surface area contributed by atoms with Crippen molar-refractivity contribution in [2.75, 3.05) is 11.2 Å². The highest BCUT2D eigenvalue weighted by Gasteiger charge is 2.20. The van der Waals surface area contributed by atoms with Gasteiger partial charge in [-0.1, -0.05) is 104 Å². The third-order valence-corrected chi connectivity index (χ3v) is 9.45. The number of alkyl halides is 2. The molecule has 0 saturated heterocycles. The molecule has 0 bridgehead atoms. The van der Waals surface area contributed by atoms with E-state index in [0.717, 1.165) is 45.5 Å². The zero-order valence-corrected chi connectivity index (χ0v) is 28.2. The van der Waals surface area contributed by atoms with Crippen LogP contribution in [0.5, 0.6) is 23.0 Å². The molecule has 4 rings (SSSR count). The highest BCUT2D eigenvalue weighted by atomic mass is 79.9. The molecule has 200 valence electrons. The van der Waals surface area contributed by atoms with Crippen LogP contribution in [0.25, 0.3) is 0 Å². The smallest absolute Gasteiger partial charge is 0.116 e. The molecule has 0 radical (unpaired) electrons. The zero-order valence-electron chi connectivity index (χ0n) is 19.6. The van der Waals surface area contributed by atoms with Gasteiger partial charge in [0.05, 0.1) is 0 Å². The average molecular weight is 857 g/mol. The number of rotatable bonds is 6. The van der Waals surface area contributed by atoms with Crippen molar-refractivity contribution in [3.63, 3.8) is 0 Å². The van der Waals surface area contributed by atoms with Crippen molar-refractivity contribution < 1.29 is 20.4 Å². The Morgan fingerprint density at radius 2 is 0.763 bits per heavy atom. The van der Waals surface area contributed by atoms with E-state index in [4.69, 9.17) is 11.6 Å². The molecule has 0 aliphatic rings. The van der Waals surface area contributed by atoms with Gasteiger partial charge in [0, 0.05) is 40.9 Å². The first-order valence-electron chi connectivity index (χ1n) is 11.1. The van der Waals surface area contributed by atoms with Gasteiger partial charge < -0.3 is 20.4 Å². The predicted octanol–water partition coefficient (Wildman–Crippen LogP) is 10.1. The van der Waals surface area contributed by atoms with Crippen molar-refractivity contribution in [3.8, 4) is 23.0 Å². The lowest BCUT2D eigenvalue weighted by molar-refractivity contribution is 0.473. The molecule has 0 aliphatic carbocycles. The van der Waals surface area contributed by atoms with Crippen LogP contribution in [0.2, 0.25) is 0 Å². The third-order valence-electron chi connectivity index (χ3n) is 5.75. The van der Waals surface area contributed by atoms with Crippen LogP contribution in [0.1, 0.15) is 34.1 Å². The number of benzene rings is 4. The molecule has 0 aromatic heterocycles. The lowest BCUT2D eigenvalue weighted by Gasteiger charge is -2.18. The van der Waals surface area contributed by atoms with E-state index in [1.807, 2.05) is 24.3 Å². The fourth-order valence-electron chi connectivity index (χ4n) is 3.86. The van der Waals surface area contributed by atoms with E-state index in [-0.39, 0.29) is 34.8 Å². The molecule has 38 heavy (non-hydrogen) atoms. The van der Waals surface area contributed by atoms with Crippen molar-refractivity contribution in [2.45, 2.75) is 11.8 Å². The van der Waals surface area contributed by atoms with E-state index in [2.05, 4.69) is 79.6 Å². The lowest BCUT2D eigenvalue weighted by atomic mass is 9.93. The van der Waals surface area contributed by atoms with Crippen molar-refractivity contribution in [1.29, 1.82) is 0 Å². The van der Waals surface area contributed by atoms with E-state index in [1.54, 1.807) is 48.5 Å². The topological polar surface area (TPSA) is 80.9 Å². The number of hydrogen-bond acceptors (Lipinski definition) is 4. The summed E-state index contributed by atoms with van der Waals surface area (Å²) in [5, 5.41) is 38.6. The molecule has 0 aliphatic heterocycles. The largest absolute Gasteiger partial charge is 0.508 e. The van der Waals surface area contributed by atoms with Gasteiger partial charge in [0.25, 0.3) is 0 Å². The number of hydrogen-bond donors (Lipinski definition) is 4. The minimum Gasteiger partial charge on any atom is -0.508 e. The summed E-state index contributed by atoms with van der Waals surface area (Å²) < 4.78 is 3.32. The fourth-order valence-corrected chi connectivity index (χ4v) is 7.46. The second kappa shape index (κ2) is 14.4. The Morgan fingerprint density at radius 1 is 0.500 bits per heavy atom. The normalized spacial score (nSPS) is 10.9. The molecule has 0 fully saturated rings. The molecule has 10 heteroatoms. The molecule has 4 N–H and O–H groups in total. The van der Waals surface area contributed by atoms with E-state index in [0.29, 0.717) is 5.88 Å². The summed E-state index contributed by atoms with van der Waals surface area (Å²) in [5.41, 5.74) is 4.11. The van der Waals surface area contributed by atoms with Crippen molar-refractivity contribution in [3.05, 3.63) is 113 Å². The molecule has 4 nitrogen and oxygen atoms in total. The Hall–Kier alpha value is -1.23. The highest BCUT2D eigenvalue weighted by Crippen LogP contribution is 2.39. The summed E-state index contributed by atoms with van der Waals surface area (Å²) in [4.78, 5) is 0. The van der Waals surface area contributed by atoms with Crippen LogP contribution < -0.4 is 0 Å². The summed E-state index contributed by atoms with van der Waals surface area (Å²) in [5.74, 6) is 1.34. The molecular formula is C28H22Br5ClO4. The Bertz CT molecular complexity index is 1210. The molecule has 4 aromatic carbocycles. The minimum absolute atomic E-state index is 0.0355. The Balaban J connectivity index is 0.000000211. The molecule has 0 atom stereocenters. The molecule has 0 heterocycles. The number of phenols is 4. The number of phenolic OH excluding ortho intramolecular Hbond substituents is 4. The molecule has 0 spiro atoms. The van der Waals surface area contributed by atoms with E-state index < -0.39 is 0 Å². The van der Waals surface area contributed by atoms with Crippen molar-refractivity contribution in [2.24, 2.45) is 0 Å². The van der Waals surface area contributed by atoms with Gasteiger partial charge in [-0.25, -0.2) is 0 Å². The van der Waals surface area contributed by atoms with Crippen LogP contribution in [0.4, 0.5) is 0 Å². The first-order chi connectivity index (χ1) is 18.0. The summed E-state index contributed by atoms with van der Waals surface area (Å²) in [6.45, 7) is 0. The van der Waals surface area contributed by atoms with Gasteiger partial charge >= 0.3 is 0 Å². The summed E-state index contributed by atoms with van der Waals surface area (Å²) >= 11 is 23.5. The second-order valence-electron chi connectivity index (χ2n) is 8.24. The maximum absolute atomic E-state index is 9.47. The maximum Gasteiger partial charge on any atom is 0.116 e. The Labute approximate surface area is 268 Å². The predicted molar refractivity (Wildman–Crippen MR) is 171 cm³/mol. The Kier molecular flexibility index (Phi) is 11.9. The van der Waals surface area contributed by atoms with Gasteiger partial charge in [0.15, 0.2) is 0 Å². The van der Waals surface area contributed by atoms with Crippen LogP contribution in [-0.4, -0.2) is 31.6 Å². The number of aromatic hydroxyl groups is 4. The van der Waals surface area contributed by atoms with Gasteiger partial charge in [-0.2, -0.15) is 0 Å². The van der Waals surface area contributed by atoms with Crippen LogP contribution in [0, 0.1) is 0 Å². The minimum atomic E-state index is -0.0355. The zero-order chi connectivity index (χ0) is 28.0. The molecule has 0 amide bonds. The van der Waals surface area contributed by atoms with Crippen molar-refractivity contribution >= 4 is 91.3 Å². The first-order valence-corrected chi connectivity index (χ1v) is 15.9. The van der Waals surface area contributed by atoms with Gasteiger partial charge in [0.1, 0.15) is 23.0 Å². The van der Waals surface area contributed by atoms with Crippen LogP contribution in [0.15, 0.2) is 90.7 Å². The van der Waals surface area contributed by atoms with Gasteiger partial charge in [-0.15, -0.1) is 11.6 Å². The monoisotopic (exact) mass is 852 g/mol. The van der Waals surface area contributed by atoms with E-state index in [1.165, 1.54) is 0 Å². The molecule has 4 aromatic rings. The van der Waals surface area contributed by atoms with E-state index in [9.17, 15) is 20.4 Å². The maximum atomic E-state index is 9.47. The third kappa shape index (κ3) is 7.92. The van der Waals surface area contributed by atoms with E-state index >= 15 is 0 Å². The highest BCUT2D eigenvalue weighted by molar-refractivity contribution is 9.11. The van der Waals surface area contributed by atoms with Gasteiger partial charge in [0.2, 0.25) is 0 Å². The fraction of sp³-hybridized carbons (Fsp3) is 0.143. The van der Waals surface area contributed by atoms with Gasteiger partial charge in [-0.3, -0.25) is 0 Å².